The van der Waals surface area contributed by atoms with Crippen molar-refractivity contribution in [1.82, 2.24) is 0 Å². The smallest absolute Gasteiger partial charge is 0.310 e. The monoisotopic (exact) mass is 313 g/mol. The third-order valence-electron chi connectivity index (χ3n) is 3.16. The zero-order valence-electron chi connectivity index (χ0n) is 13.2. The SMILES string of the molecule is CCOC(=O)Cc1cc(N)cc(Oc2ccc(C)cc2C=O)c1. The molecule has 0 aromatic heterocycles. The summed E-state index contributed by atoms with van der Waals surface area (Å²) in [6.45, 7) is 3.98. The Labute approximate surface area is 135 Å². The van der Waals surface area contributed by atoms with Crippen LogP contribution in [0, 0.1) is 6.92 Å². The van der Waals surface area contributed by atoms with Crippen molar-refractivity contribution in [1.29, 1.82) is 0 Å². The standard InChI is InChI=1S/C18H19NO4/c1-3-22-18(21)9-13-7-15(19)10-16(8-13)23-17-5-4-12(2)6-14(17)11-20/h4-8,10-11H,3,9,19H2,1-2H3. The van der Waals surface area contributed by atoms with Crippen LogP contribution >= 0.6 is 0 Å². The first-order chi connectivity index (χ1) is 11.0. The van der Waals surface area contributed by atoms with Gasteiger partial charge in [-0.05, 0) is 43.7 Å². The van der Waals surface area contributed by atoms with E-state index in [-0.39, 0.29) is 12.4 Å². The molecule has 5 heteroatoms. The highest BCUT2D eigenvalue weighted by Gasteiger charge is 2.09. The normalized spacial score (nSPS) is 10.2. The molecule has 0 amide bonds. The third-order valence-corrected chi connectivity index (χ3v) is 3.16. The molecule has 2 N–H and O–H groups in total. The van der Waals surface area contributed by atoms with Crippen LogP contribution in [0.3, 0.4) is 0 Å². The lowest BCUT2D eigenvalue weighted by Gasteiger charge is -2.11. The molecule has 0 aliphatic carbocycles. The van der Waals surface area contributed by atoms with Crippen molar-refractivity contribution in [2.24, 2.45) is 0 Å². The summed E-state index contributed by atoms with van der Waals surface area (Å²) < 4.78 is 10.7. The number of nitrogen functional groups attached to an aromatic ring is 1. The Bertz CT molecular complexity index is 725. The Morgan fingerprint density at radius 2 is 2.00 bits per heavy atom. The van der Waals surface area contributed by atoms with E-state index in [4.69, 9.17) is 15.2 Å². The maximum atomic E-state index is 11.6. The van der Waals surface area contributed by atoms with Crippen LogP contribution in [0.2, 0.25) is 0 Å². The number of aldehydes is 1. The van der Waals surface area contributed by atoms with Crippen molar-refractivity contribution in [3.63, 3.8) is 0 Å². The average molecular weight is 313 g/mol. The van der Waals surface area contributed by atoms with Crippen LogP contribution in [-0.2, 0) is 16.0 Å². The van der Waals surface area contributed by atoms with Gasteiger partial charge in [0.1, 0.15) is 11.5 Å². The molecule has 120 valence electrons. The van der Waals surface area contributed by atoms with Gasteiger partial charge in [0.05, 0.1) is 18.6 Å². The lowest BCUT2D eigenvalue weighted by Crippen LogP contribution is -2.08. The van der Waals surface area contributed by atoms with Gasteiger partial charge in [0.2, 0.25) is 0 Å². The fourth-order valence-corrected chi connectivity index (χ4v) is 2.21. The maximum Gasteiger partial charge on any atom is 0.310 e. The second kappa shape index (κ2) is 7.45. The maximum absolute atomic E-state index is 11.6. The number of hydrogen-bond donors (Lipinski definition) is 1. The predicted molar refractivity (Wildman–Crippen MR) is 87.8 cm³/mol. The van der Waals surface area contributed by atoms with Crippen molar-refractivity contribution in [2.45, 2.75) is 20.3 Å². The summed E-state index contributed by atoms with van der Waals surface area (Å²) in [4.78, 5) is 22.7. The van der Waals surface area contributed by atoms with Crippen LogP contribution in [0.1, 0.15) is 28.4 Å². The van der Waals surface area contributed by atoms with Gasteiger partial charge < -0.3 is 15.2 Å². The molecule has 0 saturated carbocycles. The molecule has 0 saturated heterocycles. The largest absolute Gasteiger partial charge is 0.466 e. The van der Waals surface area contributed by atoms with E-state index in [1.54, 1.807) is 37.3 Å². The molecule has 0 radical (unpaired) electrons. The number of nitrogens with two attached hydrogens (primary N) is 1. The van der Waals surface area contributed by atoms with Gasteiger partial charge in [0.25, 0.3) is 0 Å². The molecule has 0 atom stereocenters. The molecule has 2 rings (SSSR count). The predicted octanol–water partition coefficient (Wildman–Crippen LogP) is 3.29. The highest BCUT2D eigenvalue weighted by atomic mass is 16.5. The molecular formula is C18H19NO4. The Morgan fingerprint density at radius 1 is 1.22 bits per heavy atom. The Hall–Kier alpha value is -2.82. The Kier molecular flexibility index (Phi) is 5.36. The highest BCUT2D eigenvalue weighted by Crippen LogP contribution is 2.28. The molecule has 0 heterocycles. The van der Waals surface area contributed by atoms with E-state index in [1.165, 1.54) is 0 Å². The molecule has 0 spiro atoms. The third kappa shape index (κ3) is 4.57. The first-order valence-electron chi connectivity index (χ1n) is 7.30. The molecule has 0 bridgehead atoms. The summed E-state index contributed by atoms with van der Waals surface area (Å²) in [5, 5.41) is 0. The fraction of sp³-hybridized carbons (Fsp3) is 0.222. The Balaban J connectivity index is 2.25. The van der Waals surface area contributed by atoms with E-state index < -0.39 is 0 Å². The van der Waals surface area contributed by atoms with Crippen LogP contribution in [0.15, 0.2) is 36.4 Å². The molecular weight excluding hydrogens is 294 g/mol. The van der Waals surface area contributed by atoms with Gasteiger partial charge in [0.15, 0.2) is 6.29 Å². The number of esters is 1. The van der Waals surface area contributed by atoms with Crippen LogP contribution < -0.4 is 10.5 Å². The lowest BCUT2D eigenvalue weighted by atomic mass is 10.1. The van der Waals surface area contributed by atoms with Crippen molar-refractivity contribution in [2.75, 3.05) is 12.3 Å². The highest BCUT2D eigenvalue weighted by molar-refractivity contribution is 5.80. The number of carbonyl (C=O) groups is 2. The van der Waals surface area contributed by atoms with E-state index in [9.17, 15) is 9.59 Å². The summed E-state index contributed by atoms with van der Waals surface area (Å²) in [7, 11) is 0. The molecule has 0 unspecified atom stereocenters. The van der Waals surface area contributed by atoms with E-state index in [0.29, 0.717) is 34.9 Å². The number of benzene rings is 2. The zero-order valence-corrected chi connectivity index (χ0v) is 13.2. The zero-order chi connectivity index (χ0) is 16.8. The minimum atomic E-state index is -0.326. The second-order valence-electron chi connectivity index (χ2n) is 5.15. The van der Waals surface area contributed by atoms with Gasteiger partial charge in [-0.2, -0.15) is 0 Å². The van der Waals surface area contributed by atoms with E-state index in [0.717, 1.165) is 11.8 Å². The van der Waals surface area contributed by atoms with Crippen molar-refractivity contribution in [3.8, 4) is 11.5 Å². The van der Waals surface area contributed by atoms with Gasteiger partial charge in [-0.1, -0.05) is 11.6 Å². The summed E-state index contributed by atoms with van der Waals surface area (Å²) >= 11 is 0. The summed E-state index contributed by atoms with van der Waals surface area (Å²) in [5.74, 6) is 0.586. The molecule has 2 aromatic rings. The topological polar surface area (TPSA) is 78.6 Å². The van der Waals surface area contributed by atoms with Gasteiger partial charge >= 0.3 is 5.97 Å². The van der Waals surface area contributed by atoms with Gasteiger partial charge in [0, 0.05) is 11.8 Å². The minimum Gasteiger partial charge on any atom is -0.466 e. The van der Waals surface area contributed by atoms with Gasteiger partial charge in [-0.25, -0.2) is 0 Å². The summed E-state index contributed by atoms with van der Waals surface area (Å²) in [6, 6.07) is 10.4. The number of hydrogen-bond acceptors (Lipinski definition) is 5. The molecule has 23 heavy (non-hydrogen) atoms. The first-order valence-corrected chi connectivity index (χ1v) is 7.30. The fourth-order valence-electron chi connectivity index (χ4n) is 2.21. The van der Waals surface area contributed by atoms with Gasteiger partial charge in [-0.3, -0.25) is 9.59 Å². The van der Waals surface area contributed by atoms with E-state index >= 15 is 0 Å². The number of carbonyl (C=O) groups excluding carboxylic acids is 2. The summed E-state index contributed by atoms with van der Waals surface area (Å²) in [6.07, 6.45) is 0.859. The number of rotatable bonds is 6. The van der Waals surface area contributed by atoms with Crippen LogP contribution in [0.25, 0.3) is 0 Å². The average Bonchev–Trinajstić information content (AvgIpc) is 2.48. The van der Waals surface area contributed by atoms with Crippen molar-refractivity contribution in [3.05, 3.63) is 53.1 Å². The number of aryl methyl sites for hydroxylation is 1. The minimum absolute atomic E-state index is 0.115. The van der Waals surface area contributed by atoms with Crippen molar-refractivity contribution < 1.29 is 19.1 Å². The van der Waals surface area contributed by atoms with E-state index in [2.05, 4.69) is 0 Å². The Morgan fingerprint density at radius 3 is 2.70 bits per heavy atom. The van der Waals surface area contributed by atoms with Crippen LogP contribution in [0.4, 0.5) is 5.69 Å². The van der Waals surface area contributed by atoms with Gasteiger partial charge in [-0.15, -0.1) is 0 Å². The molecule has 0 fully saturated rings. The van der Waals surface area contributed by atoms with E-state index in [1.807, 2.05) is 13.0 Å². The van der Waals surface area contributed by atoms with Crippen molar-refractivity contribution >= 4 is 17.9 Å². The lowest BCUT2D eigenvalue weighted by molar-refractivity contribution is -0.142. The molecule has 0 aliphatic heterocycles. The summed E-state index contributed by atoms with van der Waals surface area (Å²) in [5.41, 5.74) is 8.45. The molecule has 5 nitrogen and oxygen atoms in total. The van der Waals surface area contributed by atoms with Crippen LogP contribution in [0.5, 0.6) is 11.5 Å². The molecule has 2 aromatic carbocycles. The number of ether oxygens (including phenoxy) is 2. The molecule has 0 aliphatic rings. The number of anilines is 1. The first kappa shape index (κ1) is 16.5. The van der Waals surface area contributed by atoms with Crippen LogP contribution in [-0.4, -0.2) is 18.9 Å². The second-order valence-corrected chi connectivity index (χ2v) is 5.15. The quantitative estimate of drug-likeness (QED) is 0.503.